The van der Waals surface area contributed by atoms with E-state index in [1.54, 1.807) is 6.92 Å². The summed E-state index contributed by atoms with van der Waals surface area (Å²) < 4.78 is 27.4. The second-order valence-corrected chi connectivity index (χ2v) is 7.67. The number of hydrogen-bond acceptors (Lipinski definition) is 4. The summed E-state index contributed by atoms with van der Waals surface area (Å²) >= 11 is 0. The van der Waals surface area contributed by atoms with E-state index in [1.165, 1.54) is 19.3 Å². The number of sulfonamides is 1. The summed E-state index contributed by atoms with van der Waals surface area (Å²) in [5.41, 5.74) is 6.89. The largest absolute Gasteiger partial charge is 0.326 e. The molecule has 1 aliphatic rings. The number of aromatic amines is 1. The third-order valence-corrected chi connectivity index (χ3v) is 5.99. The monoisotopic (exact) mass is 314 g/mol. The Hall–Kier alpha value is -0.920. The Kier molecular flexibility index (Phi) is 5.40. The fourth-order valence-electron chi connectivity index (χ4n) is 3.03. The van der Waals surface area contributed by atoms with Crippen LogP contribution in [0.15, 0.2) is 5.03 Å². The van der Waals surface area contributed by atoms with Gasteiger partial charge in [-0.15, -0.1) is 0 Å². The third kappa shape index (κ3) is 3.84. The molecule has 1 aliphatic carbocycles. The van der Waals surface area contributed by atoms with E-state index in [9.17, 15) is 8.42 Å². The molecule has 0 aromatic carbocycles. The number of nitrogens with two attached hydrogens (primary N) is 1. The number of aryl methyl sites for hydroxylation is 1. The van der Waals surface area contributed by atoms with E-state index in [2.05, 4.69) is 21.8 Å². The van der Waals surface area contributed by atoms with E-state index >= 15 is 0 Å². The third-order valence-electron chi connectivity index (χ3n) is 4.60. The Labute approximate surface area is 126 Å². The number of nitrogens with zero attached hydrogens (tertiary/aromatic N) is 1. The van der Waals surface area contributed by atoms with Crippen molar-refractivity contribution >= 4 is 10.0 Å². The van der Waals surface area contributed by atoms with Gasteiger partial charge in [0.25, 0.3) is 10.0 Å². The van der Waals surface area contributed by atoms with Crippen molar-refractivity contribution in [3.05, 3.63) is 11.3 Å². The smallest absolute Gasteiger partial charge is 0.260 e. The van der Waals surface area contributed by atoms with Crippen LogP contribution >= 0.6 is 0 Å². The van der Waals surface area contributed by atoms with Crippen LogP contribution in [0.5, 0.6) is 0 Å². The summed E-state index contributed by atoms with van der Waals surface area (Å²) in [6.45, 7) is 4.66. The molecule has 21 heavy (non-hydrogen) atoms. The molecular weight excluding hydrogens is 288 g/mol. The molecule has 2 rings (SSSR count). The van der Waals surface area contributed by atoms with Crippen LogP contribution in [-0.2, 0) is 16.6 Å². The Morgan fingerprint density at radius 3 is 2.48 bits per heavy atom. The van der Waals surface area contributed by atoms with Crippen LogP contribution in [0.25, 0.3) is 0 Å². The molecule has 0 spiro atoms. The van der Waals surface area contributed by atoms with E-state index in [1.807, 2.05) is 0 Å². The van der Waals surface area contributed by atoms with Crippen molar-refractivity contribution in [1.29, 1.82) is 0 Å². The molecule has 0 aliphatic heterocycles. The van der Waals surface area contributed by atoms with Crippen LogP contribution < -0.4 is 10.5 Å². The molecule has 0 amide bonds. The molecule has 0 bridgehead atoms. The molecule has 6 nitrogen and oxygen atoms in total. The maximum absolute atomic E-state index is 12.3. The second-order valence-electron chi connectivity index (χ2n) is 5.98. The summed E-state index contributed by atoms with van der Waals surface area (Å²) in [6, 6.07) is 0. The maximum Gasteiger partial charge on any atom is 0.260 e. The Bertz CT molecular complexity index is 560. The van der Waals surface area contributed by atoms with Crippen molar-refractivity contribution in [2.45, 2.75) is 57.5 Å². The predicted molar refractivity (Wildman–Crippen MR) is 82.1 cm³/mol. The minimum atomic E-state index is -3.57. The van der Waals surface area contributed by atoms with Crippen LogP contribution in [-0.4, -0.2) is 25.2 Å². The quantitative estimate of drug-likeness (QED) is 0.743. The van der Waals surface area contributed by atoms with Gasteiger partial charge in [0, 0.05) is 24.3 Å². The lowest BCUT2D eigenvalue weighted by Crippen LogP contribution is -2.32. The average Bonchev–Trinajstić information content (AvgIpc) is 2.87. The predicted octanol–water partition coefficient (Wildman–Crippen LogP) is 1.67. The number of aromatic nitrogens is 2. The van der Waals surface area contributed by atoms with Crippen LogP contribution in [0.1, 0.15) is 50.3 Å². The Morgan fingerprint density at radius 1 is 1.29 bits per heavy atom. The molecule has 4 N–H and O–H groups in total. The van der Waals surface area contributed by atoms with Crippen LogP contribution in [0.4, 0.5) is 0 Å². The SMILES string of the molecule is CCC1CCC(CNS(=O)(=O)c2n[nH]c(C)c2CN)CC1. The second kappa shape index (κ2) is 6.89. The van der Waals surface area contributed by atoms with Gasteiger partial charge in [-0.25, -0.2) is 13.1 Å². The number of rotatable bonds is 6. The highest BCUT2D eigenvalue weighted by atomic mass is 32.2. The van der Waals surface area contributed by atoms with Crippen LogP contribution in [0.2, 0.25) is 0 Å². The summed E-state index contributed by atoms with van der Waals surface area (Å²) in [7, 11) is -3.57. The van der Waals surface area contributed by atoms with Crippen LogP contribution in [0, 0.1) is 18.8 Å². The van der Waals surface area contributed by atoms with Crippen molar-refractivity contribution in [3.63, 3.8) is 0 Å². The average molecular weight is 314 g/mol. The molecule has 1 aromatic rings. The molecule has 1 saturated carbocycles. The normalized spacial score (nSPS) is 23.4. The zero-order chi connectivity index (χ0) is 15.5. The first-order chi connectivity index (χ1) is 9.97. The summed E-state index contributed by atoms with van der Waals surface area (Å²) in [4.78, 5) is 0. The molecular formula is C14H26N4O2S. The molecule has 1 fully saturated rings. The summed E-state index contributed by atoms with van der Waals surface area (Å²) in [5, 5.41) is 6.63. The minimum absolute atomic E-state index is 0.0461. The van der Waals surface area contributed by atoms with E-state index < -0.39 is 10.0 Å². The lowest BCUT2D eigenvalue weighted by molar-refractivity contribution is 0.270. The fourth-order valence-corrected chi connectivity index (χ4v) is 4.35. The minimum Gasteiger partial charge on any atom is -0.326 e. The van der Waals surface area contributed by atoms with Gasteiger partial charge in [-0.3, -0.25) is 5.10 Å². The molecule has 0 saturated heterocycles. The topological polar surface area (TPSA) is 101 Å². The first-order valence-corrected chi connectivity index (χ1v) is 9.19. The lowest BCUT2D eigenvalue weighted by Gasteiger charge is -2.27. The Balaban J connectivity index is 1.96. The standard InChI is InChI=1S/C14H26N4O2S/c1-3-11-4-6-12(7-5-11)9-16-21(19,20)14-13(8-15)10(2)17-18-14/h11-12,16H,3-9,15H2,1-2H3,(H,17,18). The summed E-state index contributed by atoms with van der Waals surface area (Å²) in [5.74, 6) is 1.25. The van der Waals surface area contributed by atoms with Gasteiger partial charge in [-0.2, -0.15) is 5.10 Å². The maximum atomic E-state index is 12.3. The van der Waals surface area contributed by atoms with E-state index in [0.717, 1.165) is 18.8 Å². The van der Waals surface area contributed by atoms with Gasteiger partial charge < -0.3 is 5.73 Å². The van der Waals surface area contributed by atoms with Gasteiger partial charge in [-0.05, 0) is 31.6 Å². The molecule has 7 heteroatoms. The highest BCUT2D eigenvalue weighted by molar-refractivity contribution is 7.89. The first-order valence-electron chi connectivity index (χ1n) is 7.71. The van der Waals surface area contributed by atoms with Crippen molar-refractivity contribution in [3.8, 4) is 0 Å². The van der Waals surface area contributed by atoms with Gasteiger partial charge in [0.2, 0.25) is 0 Å². The lowest BCUT2D eigenvalue weighted by atomic mass is 9.81. The molecule has 120 valence electrons. The molecule has 0 radical (unpaired) electrons. The highest BCUT2D eigenvalue weighted by Crippen LogP contribution is 2.30. The molecule has 1 heterocycles. The first kappa shape index (κ1) is 16.5. The van der Waals surface area contributed by atoms with Gasteiger partial charge in [0.1, 0.15) is 0 Å². The molecule has 0 unspecified atom stereocenters. The van der Waals surface area contributed by atoms with Crippen molar-refractivity contribution in [2.24, 2.45) is 17.6 Å². The van der Waals surface area contributed by atoms with Gasteiger partial charge in [0.05, 0.1) is 0 Å². The molecule has 1 aromatic heterocycles. The van der Waals surface area contributed by atoms with Gasteiger partial charge in [-0.1, -0.05) is 26.2 Å². The van der Waals surface area contributed by atoms with Gasteiger partial charge >= 0.3 is 0 Å². The fraction of sp³-hybridized carbons (Fsp3) is 0.786. The number of nitrogens with one attached hydrogen (secondary N) is 2. The zero-order valence-electron chi connectivity index (χ0n) is 12.9. The zero-order valence-corrected chi connectivity index (χ0v) is 13.7. The molecule has 0 atom stereocenters. The van der Waals surface area contributed by atoms with E-state index in [0.29, 0.717) is 23.7 Å². The van der Waals surface area contributed by atoms with E-state index in [4.69, 9.17) is 5.73 Å². The van der Waals surface area contributed by atoms with Crippen LogP contribution in [0.3, 0.4) is 0 Å². The van der Waals surface area contributed by atoms with Crippen molar-refractivity contribution in [1.82, 2.24) is 14.9 Å². The van der Waals surface area contributed by atoms with Gasteiger partial charge in [0.15, 0.2) is 5.03 Å². The number of hydrogen-bond donors (Lipinski definition) is 3. The van der Waals surface area contributed by atoms with E-state index in [-0.39, 0.29) is 11.6 Å². The van der Waals surface area contributed by atoms with Crippen molar-refractivity contribution < 1.29 is 8.42 Å². The van der Waals surface area contributed by atoms with Crippen molar-refractivity contribution in [2.75, 3.05) is 6.54 Å². The highest BCUT2D eigenvalue weighted by Gasteiger charge is 2.25. The number of H-pyrrole nitrogens is 1. The summed E-state index contributed by atoms with van der Waals surface area (Å²) in [6.07, 6.45) is 5.84. The Morgan fingerprint density at radius 2 is 1.90 bits per heavy atom.